The highest BCUT2D eigenvalue weighted by Crippen LogP contribution is 2.20. The van der Waals surface area contributed by atoms with Crippen LogP contribution in [0.15, 0.2) is 22.7 Å². The lowest BCUT2D eigenvalue weighted by molar-refractivity contribution is 0.389. The second-order valence-electron chi connectivity index (χ2n) is 3.52. The number of aryl methyl sites for hydroxylation is 2. The molecule has 0 saturated carbocycles. The van der Waals surface area contributed by atoms with E-state index in [1.807, 2.05) is 13.0 Å². The van der Waals surface area contributed by atoms with Gasteiger partial charge >= 0.3 is 0 Å². The minimum Gasteiger partial charge on any atom is -0.360 e. The molecule has 1 aromatic heterocycles. The van der Waals surface area contributed by atoms with Gasteiger partial charge in [0.05, 0.1) is 0 Å². The zero-order chi connectivity index (χ0) is 9.97. The number of hydrogen-bond donors (Lipinski definition) is 1. The number of nitrogens with zero attached hydrogens (tertiary/aromatic N) is 1. The van der Waals surface area contributed by atoms with Gasteiger partial charge in [-0.25, -0.2) is 0 Å². The lowest BCUT2D eigenvalue weighted by atomic mass is 10.1. The normalized spacial score (nSPS) is 11.0. The maximum Gasteiger partial charge on any atom is 0.144 e. The summed E-state index contributed by atoms with van der Waals surface area (Å²) in [5, 5.41) is 5.13. The molecule has 0 aliphatic heterocycles. The van der Waals surface area contributed by atoms with Gasteiger partial charge in [0.1, 0.15) is 11.3 Å². The van der Waals surface area contributed by atoms with Crippen molar-refractivity contribution in [2.75, 3.05) is 6.54 Å². The van der Waals surface area contributed by atoms with Gasteiger partial charge in [-0.2, -0.15) is 0 Å². The molecular weight excluding hydrogens is 176 g/mol. The molecule has 0 aliphatic rings. The average molecular weight is 190 g/mol. The smallest absolute Gasteiger partial charge is 0.144 e. The molecule has 0 saturated heterocycles. The quantitative estimate of drug-likeness (QED) is 0.805. The molecule has 0 fully saturated rings. The largest absolute Gasteiger partial charge is 0.360 e. The van der Waals surface area contributed by atoms with Gasteiger partial charge in [0.2, 0.25) is 0 Å². The third kappa shape index (κ3) is 1.63. The minimum atomic E-state index is 0.689. The number of benzene rings is 1. The highest BCUT2D eigenvalue weighted by atomic mass is 16.5. The molecule has 0 unspecified atom stereocenters. The summed E-state index contributed by atoms with van der Waals surface area (Å²) < 4.78 is 5.27. The molecule has 2 N–H and O–H groups in total. The molecule has 3 nitrogen and oxygen atoms in total. The van der Waals surface area contributed by atoms with E-state index in [-0.39, 0.29) is 0 Å². The molecule has 0 aliphatic carbocycles. The fourth-order valence-electron chi connectivity index (χ4n) is 1.55. The first-order valence-electron chi connectivity index (χ1n) is 4.86. The highest BCUT2D eigenvalue weighted by Gasteiger charge is 2.06. The Balaban J connectivity index is 2.37. The van der Waals surface area contributed by atoms with Gasteiger partial charge in [-0.3, -0.25) is 0 Å². The predicted octanol–water partition coefficient (Wildman–Crippen LogP) is 2.03. The van der Waals surface area contributed by atoms with Crippen molar-refractivity contribution in [3.63, 3.8) is 0 Å². The van der Waals surface area contributed by atoms with Crippen LogP contribution < -0.4 is 5.73 Å². The first kappa shape index (κ1) is 9.21. The molecule has 0 bridgehead atoms. The molecule has 1 heterocycles. The van der Waals surface area contributed by atoms with Crippen LogP contribution in [0.2, 0.25) is 0 Å². The zero-order valence-electron chi connectivity index (χ0n) is 8.29. The van der Waals surface area contributed by atoms with Crippen molar-refractivity contribution in [1.29, 1.82) is 0 Å². The van der Waals surface area contributed by atoms with Gasteiger partial charge in [0, 0.05) is 11.8 Å². The van der Waals surface area contributed by atoms with Crippen LogP contribution in [0.4, 0.5) is 0 Å². The van der Waals surface area contributed by atoms with E-state index in [0.29, 0.717) is 6.54 Å². The number of rotatable bonds is 3. The Bertz CT molecular complexity index is 434. The lowest BCUT2D eigenvalue weighted by Gasteiger charge is -1.94. The van der Waals surface area contributed by atoms with Crippen LogP contribution >= 0.6 is 0 Å². The van der Waals surface area contributed by atoms with Crippen molar-refractivity contribution >= 4 is 10.9 Å². The Morgan fingerprint density at radius 1 is 1.43 bits per heavy atom. The molecular formula is C11H14N2O. The monoisotopic (exact) mass is 190 g/mol. The van der Waals surface area contributed by atoms with E-state index in [2.05, 4.69) is 17.3 Å². The number of fused-ring (bicyclic) bond motifs is 1. The molecule has 2 aromatic rings. The fourth-order valence-corrected chi connectivity index (χ4v) is 1.55. The second-order valence-corrected chi connectivity index (χ2v) is 3.52. The first-order valence-corrected chi connectivity index (χ1v) is 4.86. The molecule has 3 heteroatoms. The molecule has 0 amide bonds. The van der Waals surface area contributed by atoms with Crippen molar-refractivity contribution in [2.24, 2.45) is 5.73 Å². The SMILES string of the molecule is Cc1ccc2c(CCCN)onc2c1. The van der Waals surface area contributed by atoms with Gasteiger partial charge < -0.3 is 10.3 Å². The summed E-state index contributed by atoms with van der Waals surface area (Å²) in [6.07, 6.45) is 1.81. The molecule has 74 valence electrons. The minimum absolute atomic E-state index is 0.689. The van der Waals surface area contributed by atoms with Crippen molar-refractivity contribution in [3.05, 3.63) is 29.5 Å². The zero-order valence-corrected chi connectivity index (χ0v) is 8.29. The Hall–Kier alpha value is -1.35. The van der Waals surface area contributed by atoms with E-state index in [1.54, 1.807) is 0 Å². The van der Waals surface area contributed by atoms with Crippen LogP contribution in [0, 0.1) is 6.92 Å². The molecule has 0 radical (unpaired) electrons. The van der Waals surface area contributed by atoms with Crippen molar-refractivity contribution in [2.45, 2.75) is 19.8 Å². The van der Waals surface area contributed by atoms with Crippen LogP contribution in [0.3, 0.4) is 0 Å². The summed E-state index contributed by atoms with van der Waals surface area (Å²) in [5.41, 5.74) is 7.60. The van der Waals surface area contributed by atoms with Crippen LogP contribution in [-0.4, -0.2) is 11.7 Å². The van der Waals surface area contributed by atoms with Gasteiger partial charge in [-0.1, -0.05) is 11.2 Å². The first-order chi connectivity index (χ1) is 6.81. The molecule has 0 atom stereocenters. The summed E-state index contributed by atoms with van der Waals surface area (Å²) in [6.45, 7) is 2.74. The van der Waals surface area contributed by atoms with E-state index in [1.165, 1.54) is 5.56 Å². The van der Waals surface area contributed by atoms with E-state index in [0.717, 1.165) is 29.5 Å². The van der Waals surface area contributed by atoms with Crippen molar-refractivity contribution in [3.8, 4) is 0 Å². The number of nitrogens with two attached hydrogens (primary N) is 1. The standard InChI is InChI=1S/C11H14N2O/c1-8-4-5-9-10(7-8)13-14-11(9)3-2-6-12/h4-5,7H,2-3,6,12H2,1H3. The van der Waals surface area contributed by atoms with E-state index in [4.69, 9.17) is 10.3 Å². The van der Waals surface area contributed by atoms with Crippen molar-refractivity contribution in [1.82, 2.24) is 5.16 Å². The Labute approximate surface area is 82.9 Å². The van der Waals surface area contributed by atoms with Crippen LogP contribution in [0.25, 0.3) is 10.9 Å². The summed E-state index contributed by atoms with van der Waals surface area (Å²) in [7, 11) is 0. The van der Waals surface area contributed by atoms with E-state index >= 15 is 0 Å². The Kier molecular flexibility index (Phi) is 2.50. The predicted molar refractivity (Wildman–Crippen MR) is 56.1 cm³/mol. The number of aromatic nitrogens is 1. The van der Waals surface area contributed by atoms with Gasteiger partial charge in [0.15, 0.2) is 0 Å². The number of hydrogen-bond acceptors (Lipinski definition) is 3. The summed E-state index contributed by atoms with van der Waals surface area (Å²) >= 11 is 0. The van der Waals surface area contributed by atoms with E-state index in [9.17, 15) is 0 Å². The van der Waals surface area contributed by atoms with Crippen LogP contribution in [0.1, 0.15) is 17.7 Å². The third-order valence-electron chi connectivity index (χ3n) is 2.32. The third-order valence-corrected chi connectivity index (χ3v) is 2.32. The van der Waals surface area contributed by atoms with E-state index < -0.39 is 0 Å². The molecule has 0 spiro atoms. The fraction of sp³-hybridized carbons (Fsp3) is 0.364. The summed E-state index contributed by atoms with van der Waals surface area (Å²) in [4.78, 5) is 0. The van der Waals surface area contributed by atoms with Crippen molar-refractivity contribution < 1.29 is 4.52 Å². The Morgan fingerprint density at radius 3 is 3.07 bits per heavy atom. The van der Waals surface area contributed by atoms with Gasteiger partial charge in [-0.15, -0.1) is 0 Å². The summed E-state index contributed by atoms with van der Waals surface area (Å²) in [6, 6.07) is 6.17. The molecule has 14 heavy (non-hydrogen) atoms. The lowest BCUT2D eigenvalue weighted by Crippen LogP contribution is -1.99. The second kappa shape index (κ2) is 3.80. The molecule has 1 aromatic carbocycles. The van der Waals surface area contributed by atoms with Crippen LogP contribution in [-0.2, 0) is 6.42 Å². The van der Waals surface area contributed by atoms with Gasteiger partial charge in [-0.05, 0) is 37.6 Å². The Morgan fingerprint density at radius 2 is 2.29 bits per heavy atom. The topological polar surface area (TPSA) is 52.0 Å². The maximum atomic E-state index is 5.45. The highest BCUT2D eigenvalue weighted by molar-refractivity contribution is 5.80. The van der Waals surface area contributed by atoms with Crippen LogP contribution in [0.5, 0.6) is 0 Å². The maximum absolute atomic E-state index is 5.45. The average Bonchev–Trinajstić information content (AvgIpc) is 2.57. The summed E-state index contributed by atoms with van der Waals surface area (Å²) in [5.74, 6) is 0.949. The van der Waals surface area contributed by atoms with Gasteiger partial charge in [0.25, 0.3) is 0 Å². The molecule has 2 rings (SSSR count).